The van der Waals surface area contributed by atoms with Crippen molar-refractivity contribution in [3.63, 3.8) is 0 Å². The van der Waals surface area contributed by atoms with Crippen molar-refractivity contribution < 1.29 is 33.8 Å². The minimum Gasteiger partial charge on any atom is -0.517 e. The van der Waals surface area contributed by atoms with Crippen LogP contribution in [0.4, 0.5) is 17.3 Å². The van der Waals surface area contributed by atoms with Crippen LogP contribution in [-0.4, -0.2) is 78.0 Å². The fraction of sp³-hybridized carbons (Fsp3) is 0.333. The van der Waals surface area contributed by atoms with Gasteiger partial charge >= 0.3 is 19.5 Å². The summed E-state index contributed by atoms with van der Waals surface area (Å²) in [6.07, 6.45) is 2.58. The van der Waals surface area contributed by atoms with Gasteiger partial charge in [-0.25, -0.2) is 0 Å². The van der Waals surface area contributed by atoms with Gasteiger partial charge in [-0.15, -0.1) is 6.54 Å². The molecule has 2 aromatic rings. The molecular formula is C24H31ClN7O3Rh. The molecule has 1 aliphatic heterocycles. The van der Waals surface area contributed by atoms with Crippen LogP contribution in [0.1, 0.15) is 17.3 Å². The van der Waals surface area contributed by atoms with Gasteiger partial charge in [0.1, 0.15) is 0 Å². The molecular weight excluding hydrogens is 573 g/mol. The van der Waals surface area contributed by atoms with Crippen LogP contribution in [0.15, 0.2) is 37.1 Å². The smallest absolute Gasteiger partial charge is 0.517 e. The number of nitrogens with one attached hydrogen (secondary N) is 2. The van der Waals surface area contributed by atoms with E-state index in [4.69, 9.17) is 22.1 Å². The van der Waals surface area contributed by atoms with Crippen molar-refractivity contribution >= 4 is 40.7 Å². The van der Waals surface area contributed by atoms with Crippen LogP contribution >= 0.6 is 11.6 Å². The van der Waals surface area contributed by atoms with Crippen molar-refractivity contribution in [2.75, 3.05) is 56.6 Å². The summed E-state index contributed by atoms with van der Waals surface area (Å²) in [6, 6.07) is 5.24. The van der Waals surface area contributed by atoms with E-state index in [1.807, 2.05) is 6.92 Å². The number of rotatable bonds is 7. The number of hydrogen-bond acceptors (Lipinski definition) is 7. The number of piperazine rings is 1. The van der Waals surface area contributed by atoms with E-state index in [0.29, 0.717) is 22.9 Å². The molecule has 0 aliphatic carbocycles. The zero-order valence-electron chi connectivity index (χ0n) is 20.4. The number of ether oxygens (including phenoxy) is 1. The van der Waals surface area contributed by atoms with Crippen molar-refractivity contribution in [1.82, 2.24) is 19.8 Å². The molecule has 1 fully saturated rings. The number of halogens is 1. The maximum Gasteiger partial charge on any atom is 3.00 e. The monoisotopic (exact) mass is 603 g/mol. The summed E-state index contributed by atoms with van der Waals surface area (Å²) in [7, 11) is 5.76. The molecule has 12 heteroatoms. The summed E-state index contributed by atoms with van der Waals surface area (Å²) >= 11 is 5.64. The van der Waals surface area contributed by atoms with Crippen LogP contribution < -0.4 is 15.0 Å². The van der Waals surface area contributed by atoms with Crippen LogP contribution in [0.3, 0.4) is 0 Å². The molecule has 0 unspecified atom stereocenters. The van der Waals surface area contributed by atoms with Gasteiger partial charge in [-0.2, -0.15) is 0 Å². The maximum absolute atomic E-state index is 12.3. The first-order valence-electron chi connectivity index (χ1n) is 11.0. The van der Waals surface area contributed by atoms with Crippen LogP contribution in [0.25, 0.3) is 5.73 Å². The Bertz CT molecular complexity index is 1030. The van der Waals surface area contributed by atoms with Crippen LogP contribution in [0, 0.1) is 14.0 Å². The van der Waals surface area contributed by atoms with Gasteiger partial charge in [0.25, 0.3) is 0 Å². The third-order valence-electron chi connectivity index (χ3n) is 5.08. The Kier molecular flexibility index (Phi) is 13.4. The standard InChI is InChI=1S/C18H24N4O2.C6H7ClN3O.Rh/c1-5-17(23)19-15-8-7-14(18(24)21(4)6-2)13-16(15)22-11-9-20(3)10-12-22;1-2-11-5-4(7)3-9-6(8)10-5;/h5,7-8,13H,1-2,4,6,9-12H2,3H3,(H,19,23);3H,2H2,1H3,(H-,8,9,10);/q-2;-1;+3. The Morgan fingerprint density at radius 1 is 1.33 bits per heavy atom. The number of carbonyl (C=O) groups is 2. The predicted molar refractivity (Wildman–Crippen MR) is 139 cm³/mol. The Morgan fingerprint density at radius 2 is 2.00 bits per heavy atom. The summed E-state index contributed by atoms with van der Waals surface area (Å²) in [5.74, 6) is -0.282. The minimum atomic E-state index is -0.277. The fourth-order valence-corrected chi connectivity index (χ4v) is 3.28. The van der Waals surface area contributed by atoms with E-state index in [2.05, 4.69) is 52.7 Å². The van der Waals surface area contributed by atoms with Crippen molar-refractivity contribution in [2.24, 2.45) is 0 Å². The molecule has 1 aromatic heterocycles. The first-order valence-corrected chi connectivity index (χ1v) is 11.4. The van der Waals surface area contributed by atoms with Gasteiger partial charge in [-0.1, -0.05) is 18.2 Å². The number of likely N-dealkylation sites (N-methyl/N-ethyl adjacent to an activating group) is 1. The molecule has 2 amide bonds. The minimum absolute atomic E-state index is 0. The number of anilines is 2. The number of carbonyl (C=O) groups excluding carboxylic acids is 2. The largest absolute Gasteiger partial charge is 3.00 e. The number of amides is 2. The van der Waals surface area contributed by atoms with E-state index < -0.39 is 0 Å². The maximum atomic E-state index is 12.3. The van der Waals surface area contributed by atoms with Crippen molar-refractivity contribution in [1.29, 1.82) is 0 Å². The third kappa shape index (κ3) is 9.04. The molecule has 1 saturated heterocycles. The van der Waals surface area contributed by atoms with Crippen LogP contribution in [0.2, 0.25) is 5.02 Å². The van der Waals surface area contributed by atoms with Crippen molar-refractivity contribution in [3.05, 3.63) is 67.3 Å². The summed E-state index contributed by atoms with van der Waals surface area (Å²) in [5.41, 5.74) is 9.08. The summed E-state index contributed by atoms with van der Waals surface area (Å²) in [5, 5.41) is 3.15. The Labute approximate surface area is 230 Å². The van der Waals surface area contributed by atoms with E-state index in [-0.39, 0.29) is 49.7 Å². The second kappa shape index (κ2) is 15.4. The van der Waals surface area contributed by atoms with Crippen LogP contribution in [0.5, 0.6) is 5.88 Å². The van der Waals surface area contributed by atoms with E-state index in [1.165, 1.54) is 17.2 Å². The average molecular weight is 604 g/mol. The van der Waals surface area contributed by atoms with E-state index in [0.717, 1.165) is 31.9 Å². The normalized spacial score (nSPS) is 13.0. The van der Waals surface area contributed by atoms with Gasteiger partial charge in [0.2, 0.25) is 11.8 Å². The van der Waals surface area contributed by atoms with E-state index >= 15 is 0 Å². The molecule has 196 valence electrons. The third-order valence-corrected chi connectivity index (χ3v) is 5.34. The predicted octanol–water partition coefficient (Wildman–Crippen LogP) is 3.84. The first-order chi connectivity index (χ1) is 16.7. The molecule has 36 heavy (non-hydrogen) atoms. The van der Waals surface area contributed by atoms with Crippen LogP contribution in [-0.2, 0) is 24.3 Å². The molecule has 0 bridgehead atoms. The van der Waals surface area contributed by atoms with Gasteiger partial charge in [-0.05, 0) is 44.4 Å². The quantitative estimate of drug-likeness (QED) is 0.291. The van der Waals surface area contributed by atoms with Crippen molar-refractivity contribution in [3.8, 4) is 5.88 Å². The molecule has 3 rings (SSSR count). The van der Waals surface area contributed by atoms with E-state index in [1.54, 1.807) is 18.2 Å². The SMILES string of the molecule is C=CC(=O)Nc1ccc(C(=O)N([CH2-])C[CH2-])cc1N1CCN(C)CC1.CCOc1nc([NH-])ncc1Cl.[Rh+3]. The molecule has 10 nitrogen and oxygen atoms in total. The summed E-state index contributed by atoms with van der Waals surface area (Å²) in [6.45, 7) is 13.3. The molecule has 2 heterocycles. The van der Waals surface area contributed by atoms with Gasteiger partial charge in [-0.3, -0.25) is 16.6 Å². The molecule has 0 atom stereocenters. The summed E-state index contributed by atoms with van der Waals surface area (Å²) in [4.78, 5) is 37.0. The topological polar surface area (TPSA) is 115 Å². The van der Waals surface area contributed by atoms with E-state index in [9.17, 15) is 9.59 Å². The summed E-state index contributed by atoms with van der Waals surface area (Å²) < 4.78 is 5.01. The number of hydrogen-bond donors (Lipinski definition) is 1. The van der Waals surface area contributed by atoms with Gasteiger partial charge < -0.3 is 47.4 Å². The fourth-order valence-electron chi connectivity index (χ4n) is 3.14. The molecule has 2 N–H and O–H groups in total. The van der Waals surface area contributed by atoms with Gasteiger partial charge in [0, 0.05) is 37.7 Å². The number of aromatic nitrogens is 2. The van der Waals surface area contributed by atoms with Gasteiger partial charge in [0.15, 0.2) is 5.88 Å². The first kappa shape index (κ1) is 31.3. The van der Waals surface area contributed by atoms with Gasteiger partial charge in [0.05, 0.1) is 23.0 Å². The average Bonchev–Trinajstić information content (AvgIpc) is 2.86. The Hall–Kier alpha value is -2.75. The Morgan fingerprint density at radius 3 is 2.58 bits per heavy atom. The molecule has 0 spiro atoms. The zero-order valence-corrected chi connectivity index (χ0v) is 22.8. The molecule has 1 aromatic carbocycles. The number of benzene rings is 1. The Balaban J connectivity index is 0.000000454. The number of nitrogens with zero attached hydrogens (tertiary/aromatic N) is 5. The molecule has 0 saturated carbocycles. The second-order valence-corrected chi connectivity index (χ2v) is 7.97. The molecule has 0 radical (unpaired) electrons. The second-order valence-electron chi connectivity index (χ2n) is 7.56. The molecule has 1 aliphatic rings. The van der Waals surface area contributed by atoms with Crippen molar-refractivity contribution in [2.45, 2.75) is 6.92 Å². The zero-order chi connectivity index (χ0) is 26.0.